The summed E-state index contributed by atoms with van der Waals surface area (Å²) in [6.45, 7) is 6.39. The summed E-state index contributed by atoms with van der Waals surface area (Å²) < 4.78 is 0. The van der Waals surface area contributed by atoms with Crippen LogP contribution in [0.3, 0.4) is 0 Å². The summed E-state index contributed by atoms with van der Waals surface area (Å²) in [6, 6.07) is 21.9. The molecule has 2 atom stereocenters. The molecule has 1 aliphatic rings. The maximum absolute atomic E-state index is 12.3. The largest absolute Gasteiger partial charge is 0.397 e. The number of benzene rings is 3. The van der Waals surface area contributed by atoms with Gasteiger partial charge in [-0.3, -0.25) is 9.69 Å². The van der Waals surface area contributed by atoms with Crippen molar-refractivity contribution < 1.29 is 4.79 Å². The second kappa shape index (κ2) is 10.2. The van der Waals surface area contributed by atoms with Gasteiger partial charge in [0.1, 0.15) is 5.82 Å². The minimum absolute atomic E-state index is 0.217. The van der Waals surface area contributed by atoms with Crippen LogP contribution in [-0.4, -0.2) is 39.9 Å². The number of para-hydroxylation sites is 2. The van der Waals surface area contributed by atoms with Crippen LogP contribution >= 0.6 is 11.6 Å². The molecule has 1 aliphatic heterocycles. The Morgan fingerprint density at radius 2 is 1.86 bits per heavy atom. The molecule has 184 valence electrons. The van der Waals surface area contributed by atoms with Crippen LogP contribution < -0.4 is 11.1 Å². The van der Waals surface area contributed by atoms with E-state index in [2.05, 4.69) is 53.3 Å². The summed E-state index contributed by atoms with van der Waals surface area (Å²) in [5.74, 6) is 1.35. The highest BCUT2D eigenvalue weighted by molar-refractivity contribution is 6.31. The number of fused-ring (bicyclic) bond motifs is 1. The number of carbonyl (C=O) groups is 1. The van der Waals surface area contributed by atoms with Gasteiger partial charge in [0.05, 0.1) is 22.4 Å². The number of nitrogen functional groups attached to an aromatic ring is 1. The van der Waals surface area contributed by atoms with E-state index < -0.39 is 0 Å². The van der Waals surface area contributed by atoms with Crippen molar-refractivity contribution >= 4 is 46.0 Å². The van der Waals surface area contributed by atoms with E-state index in [1.807, 2.05) is 36.4 Å². The number of nitrogens with two attached hydrogens (primary N) is 1. The molecule has 0 spiro atoms. The smallest absolute Gasteiger partial charge is 0.248 e. The monoisotopic (exact) mass is 499 g/mol. The van der Waals surface area contributed by atoms with Gasteiger partial charge in [0.2, 0.25) is 5.91 Å². The molecule has 7 heteroatoms. The molecule has 1 fully saturated rings. The standard InChI is InChI=1S/C29H30ClN5O/c1-18(2)35-16-22(23(17-35)29-33-26-13-12-21(30)15-27(26)34-29)20-10-7-19(8-11-20)9-14-28(36)32-25-6-4-3-5-24(25)31/h3-15,18,22-23H,16-17,31H2,1-2H3,(H,32,36)(H,33,34)/b14-9+. The summed E-state index contributed by atoms with van der Waals surface area (Å²) in [6.07, 6.45) is 3.34. The molecule has 36 heavy (non-hydrogen) atoms. The van der Waals surface area contributed by atoms with Gasteiger partial charge in [-0.25, -0.2) is 4.98 Å². The predicted octanol–water partition coefficient (Wildman–Crippen LogP) is 6.04. The summed E-state index contributed by atoms with van der Waals surface area (Å²) in [4.78, 5) is 23.3. The topological polar surface area (TPSA) is 87.0 Å². The highest BCUT2D eigenvalue weighted by Crippen LogP contribution is 2.40. The molecule has 3 aromatic carbocycles. The number of H-pyrrole nitrogens is 1. The quantitative estimate of drug-likeness (QED) is 0.223. The number of likely N-dealkylation sites (tertiary alicyclic amines) is 1. The van der Waals surface area contributed by atoms with E-state index >= 15 is 0 Å². The Morgan fingerprint density at radius 3 is 2.61 bits per heavy atom. The first-order chi connectivity index (χ1) is 17.4. The number of imidazole rings is 1. The number of aromatic nitrogens is 2. The molecular formula is C29H30ClN5O. The first-order valence-electron chi connectivity index (χ1n) is 12.2. The third-order valence-corrected chi connectivity index (χ3v) is 7.14. The number of halogens is 1. The second-order valence-corrected chi connectivity index (χ2v) is 10.1. The van der Waals surface area contributed by atoms with Gasteiger partial charge in [-0.05, 0) is 61.4 Å². The van der Waals surface area contributed by atoms with E-state index in [1.165, 1.54) is 11.6 Å². The average molecular weight is 500 g/mol. The van der Waals surface area contributed by atoms with Crippen molar-refractivity contribution in [2.45, 2.75) is 31.7 Å². The number of anilines is 2. The van der Waals surface area contributed by atoms with Crippen LogP contribution in [0.4, 0.5) is 11.4 Å². The molecule has 6 nitrogen and oxygen atoms in total. The van der Waals surface area contributed by atoms with Crippen LogP contribution in [0.1, 0.15) is 42.6 Å². The maximum Gasteiger partial charge on any atom is 0.248 e. The van der Waals surface area contributed by atoms with Gasteiger partial charge in [0.25, 0.3) is 0 Å². The second-order valence-electron chi connectivity index (χ2n) is 9.62. The lowest BCUT2D eigenvalue weighted by molar-refractivity contribution is -0.111. The van der Waals surface area contributed by atoms with Crippen molar-refractivity contribution in [1.82, 2.24) is 14.9 Å². The fraction of sp³-hybridized carbons (Fsp3) is 0.241. The normalized spacial score (nSPS) is 18.4. The van der Waals surface area contributed by atoms with Gasteiger partial charge in [-0.2, -0.15) is 0 Å². The van der Waals surface area contributed by atoms with Crippen LogP contribution in [0.15, 0.2) is 72.8 Å². The van der Waals surface area contributed by atoms with Crippen LogP contribution in [0.25, 0.3) is 17.1 Å². The molecule has 2 unspecified atom stereocenters. The van der Waals surface area contributed by atoms with Crippen LogP contribution in [-0.2, 0) is 4.79 Å². The molecule has 0 aliphatic carbocycles. The fourth-order valence-corrected chi connectivity index (χ4v) is 5.03. The minimum atomic E-state index is -0.217. The van der Waals surface area contributed by atoms with Crippen LogP contribution in [0, 0.1) is 0 Å². The van der Waals surface area contributed by atoms with Crippen molar-refractivity contribution in [1.29, 1.82) is 0 Å². The summed E-state index contributed by atoms with van der Waals surface area (Å²) in [5, 5.41) is 3.52. The van der Waals surface area contributed by atoms with Gasteiger partial charge in [-0.15, -0.1) is 0 Å². The Hall–Kier alpha value is -3.61. The first-order valence-corrected chi connectivity index (χ1v) is 12.6. The maximum atomic E-state index is 12.3. The fourth-order valence-electron chi connectivity index (χ4n) is 4.86. The Labute approximate surface area is 216 Å². The highest BCUT2D eigenvalue weighted by Gasteiger charge is 2.37. The number of amides is 1. The average Bonchev–Trinajstić information content (AvgIpc) is 3.49. The van der Waals surface area contributed by atoms with Crippen molar-refractivity contribution in [3.63, 3.8) is 0 Å². The molecule has 0 bridgehead atoms. The molecular weight excluding hydrogens is 470 g/mol. The molecule has 1 aromatic heterocycles. The van der Waals surface area contributed by atoms with Crippen molar-refractivity contribution in [2.75, 3.05) is 24.1 Å². The van der Waals surface area contributed by atoms with E-state index in [-0.39, 0.29) is 11.8 Å². The zero-order chi connectivity index (χ0) is 25.2. The van der Waals surface area contributed by atoms with Gasteiger partial charge in [0.15, 0.2) is 0 Å². The van der Waals surface area contributed by atoms with Gasteiger partial charge in [-0.1, -0.05) is 48.0 Å². The number of hydrogen-bond acceptors (Lipinski definition) is 4. The van der Waals surface area contributed by atoms with E-state index in [1.54, 1.807) is 12.1 Å². The third kappa shape index (κ3) is 5.15. The molecule has 0 radical (unpaired) electrons. The number of carbonyl (C=O) groups excluding carboxylic acids is 1. The van der Waals surface area contributed by atoms with Crippen molar-refractivity contribution in [3.8, 4) is 0 Å². The molecule has 0 saturated carbocycles. The number of rotatable bonds is 6. The molecule has 5 rings (SSSR count). The Kier molecular flexibility index (Phi) is 6.81. The molecule has 2 heterocycles. The van der Waals surface area contributed by atoms with E-state index in [0.717, 1.165) is 35.5 Å². The van der Waals surface area contributed by atoms with Crippen molar-refractivity contribution in [2.24, 2.45) is 0 Å². The van der Waals surface area contributed by atoms with Crippen LogP contribution in [0.2, 0.25) is 5.02 Å². The van der Waals surface area contributed by atoms with Gasteiger partial charge in [0, 0.05) is 42.1 Å². The zero-order valence-corrected chi connectivity index (χ0v) is 21.2. The van der Waals surface area contributed by atoms with Gasteiger partial charge < -0.3 is 16.0 Å². The van der Waals surface area contributed by atoms with E-state index in [9.17, 15) is 4.79 Å². The summed E-state index contributed by atoms with van der Waals surface area (Å²) in [5.41, 5.74) is 11.2. The number of nitrogens with one attached hydrogen (secondary N) is 2. The van der Waals surface area contributed by atoms with Gasteiger partial charge >= 0.3 is 0 Å². The predicted molar refractivity (Wildman–Crippen MR) is 148 cm³/mol. The van der Waals surface area contributed by atoms with Crippen LogP contribution in [0.5, 0.6) is 0 Å². The zero-order valence-electron chi connectivity index (χ0n) is 20.4. The first kappa shape index (κ1) is 24.1. The third-order valence-electron chi connectivity index (χ3n) is 6.90. The Balaban J connectivity index is 1.34. The Morgan fingerprint density at radius 1 is 1.11 bits per heavy atom. The molecule has 1 saturated heterocycles. The number of hydrogen-bond donors (Lipinski definition) is 3. The lowest BCUT2D eigenvalue weighted by atomic mass is 9.88. The Bertz CT molecular complexity index is 1410. The SMILES string of the molecule is CC(C)N1CC(c2ccc(/C=C/C(=O)Nc3ccccc3N)cc2)C(c2nc3ccc(Cl)cc3[nH]2)C1. The highest BCUT2D eigenvalue weighted by atomic mass is 35.5. The lowest BCUT2D eigenvalue weighted by Crippen LogP contribution is -2.28. The molecule has 1 amide bonds. The lowest BCUT2D eigenvalue weighted by Gasteiger charge is -2.20. The molecule has 4 N–H and O–H groups in total. The van der Waals surface area contributed by atoms with Crippen molar-refractivity contribution in [3.05, 3.63) is 94.8 Å². The van der Waals surface area contributed by atoms with E-state index in [4.69, 9.17) is 22.3 Å². The summed E-state index contributed by atoms with van der Waals surface area (Å²) in [7, 11) is 0. The summed E-state index contributed by atoms with van der Waals surface area (Å²) >= 11 is 6.19. The molecule has 4 aromatic rings. The minimum Gasteiger partial charge on any atom is -0.397 e. The number of aromatic amines is 1. The van der Waals surface area contributed by atoms with E-state index in [0.29, 0.717) is 28.4 Å². The number of nitrogens with zero attached hydrogens (tertiary/aromatic N) is 2.